The van der Waals surface area contributed by atoms with E-state index in [2.05, 4.69) is 5.32 Å². The highest BCUT2D eigenvalue weighted by molar-refractivity contribution is 5.80. The molecule has 3 atom stereocenters. The van der Waals surface area contributed by atoms with Crippen LogP contribution < -0.4 is 11.1 Å². The van der Waals surface area contributed by atoms with E-state index in [9.17, 15) is 4.79 Å². The van der Waals surface area contributed by atoms with Crippen molar-refractivity contribution in [2.45, 2.75) is 50.5 Å². The first-order chi connectivity index (χ1) is 7.72. The van der Waals surface area contributed by atoms with E-state index in [1.165, 1.54) is 25.7 Å². The molecule has 3 rings (SSSR count). The minimum absolute atomic E-state index is 0.0289. The Hall–Kier alpha value is -0.570. The lowest BCUT2D eigenvalue weighted by atomic mass is 9.76. The second-order valence-electron chi connectivity index (χ2n) is 6.11. The Kier molecular flexibility index (Phi) is 2.46. The second kappa shape index (κ2) is 3.73. The molecule has 0 spiro atoms. The lowest BCUT2D eigenvalue weighted by molar-refractivity contribution is -0.129. The van der Waals surface area contributed by atoms with Crippen molar-refractivity contribution in [2.24, 2.45) is 23.5 Å². The third-order valence-electron chi connectivity index (χ3n) is 5.16. The molecule has 2 bridgehead atoms. The van der Waals surface area contributed by atoms with Gasteiger partial charge in [0.05, 0.1) is 5.54 Å². The fourth-order valence-corrected chi connectivity index (χ4v) is 3.90. The summed E-state index contributed by atoms with van der Waals surface area (Å²) in [6.07, 6.45) is 8.44. The van der Waals surface area contributed by atoms with Gasteiger partial charge in [-0.05, 0) is 50.4 Å². The molecule has 16 heavy (non-hydrogen) atoms. The number of amides is 1. The van der Waals surface area contributed by atoms with E-state index >= 15 is 0 Å². The molecule has 0 aromatic carbocycles. The van der Waals surface area contributed by atoms with E-state index in [1.54, 1.807) is 0 Å². The van der Waals surface area contributed by atoms with Crippen molar-refractivity contribution in [1.29, 1.82) is 0 Å². The Morgan fingerprint density at radius 3 is 2.56 bits per heavy atom. The van der Waals surface area contributed by atoms with Crippen LogP contribution in [-0.4, -0.2) is 18.0 Å². The number of hydrogen-bond acceptors (Lipinski definition) is 2. The van der Waals surface area contributed by atoms with E-state index in [0.717, 1.165) is 25.2 Å². The topological polar surface area (TPSA) is 55.1 Å². The first-order valence-corrected chi connectivity index (χ1v) is 6.74. The zero-order chi connectivity index (χ0) is 11.2. The number of nitrogens with one attached hydrogen (secondary N) is 1. The van der Waals surface area contributed by atoms with Gasteiger partial charge in [-0.15, -0.1) is 0 Å². The van der Waals surface area contributed by atoms with Crippen molar-refractivity contribution >= 4 is 5.91 Å². The van der Waals surface area contributed by atoms with Crippen molar-refractivity contribution in [2.75, 3.05) is 6.54 Å². The first kappa shape index (κ1) is 10.6. The van der Waals surface area contributed by atoms with E-state index in [1.807, 2.05) is 0 Å². The van der Waals surface area contributed by atoms with Gasteiger partial charge in [0.1, 0.15) is 0 Å². The van der Waals surface area contributed by atoms with Crippen LogP contribution in [0.4, 0.5) is 0 Å². The predicted molar refractivity (Wildman–Crippen MR) is 62.7 cm³/mol. The quantitative estimate of drug-likeness (QED) is 0.759. The number of nitrogens with two attached hydrogens (primary N) is 1. The molecule has 0 saturated heterocycles. The van der Waals surface area contributed by atoms with Crippen molar-refractivity contribution in [3.05, 3.63) is 0 Å². The summed E-state index contributed by atoms with van der Waals surface area (Å²) in [5.74, 6) is 2.14. The number of carbonyl (C=O) groups excluding carboxylic acids is 1. The first-order valence-electron chi connectivity index (χ1n) is 6.74. The zero-order valence-corrected chi connectivity index (χ0v) is 9.87. The largest absolute Gasteiger partial charge is 0.349 e. The summed E-state index contributed by atoms with van der Waals surface area (Å²) in [6.45, 7) is 0.611. The second-order valence-corrected chi connectivity index (χ2v) is 6.11. The van der Waals surface area contributed by atoms with E-state index in [4.69, 9.17) is 5.73 Å². The number of carbonyl (C=O) groups is 1. The van der Waals surface area contributed by atoms with Crippen molar-refractivity contribution in [1.82, 2.24) is 5.32 Å². The molecule has 0 radical (unpaired) electrons. The lowest BCUT2D eigenvalue weighted by Crippen LogP contribution is -2.59. The molecule has 3 heteroatoms. The summed E-state index contributed by atoms with van der Waals surface area (Å²) in [7, 11) is 0. The molecule has 3 aliphatic rings. The molecule has 3 saturated carbocycles. The van der Waals surface area contributed by atoms with Crippen LogP contribution in [0.5, 0.6) is 0 Å². The van der Waals surface area contributed by atoms with Crippen molar-refractivity contribution in [3.63, 3.8) is 0 Å². The Balaban J connectivity index is 1.61. The van der Waals surface area contributed by atoms with Gasteiger partial charge in [0, 0.05) is 12.5 Å². The third kappa shape index (κ3) is 1.56. The molecule has 3 aliphatic carbocycles. The van der Waals surface area contributed by atoms with Gasteiger partial charge >= 0.3 is 0 Å². The van der Waals surface area contributed by atoms with Crippen LogP contribution >= 0.6 is 0 Å². The smallest absolute Gasteiger partial charge is 0.223 e. The van der Waals surface area contributed by atoms with E-state index in [-0.39, 0.29) is 5.54 Å². The van der Waals surface area contributed by atoms with Crippen molar-refractivity contribution < 1.29 is 4.79 Å². The number of rotatable bonds is 3. The summed E-state index contributed by atoms with van der Waals surface area (Å²) in [4.78, 5) is 12.2. The molecule has 0 heterocycles. The normalized spacial score (nSPS) is 39.4. The highest BCUT2D eigenvalue weighted by atomic mass is 16.2. The van der Waals surface area contributed by atoms with Crippen LogP contribution in [0.1, 0.15) is 44.9 Å². The molecule has 1 amide bonds. The van der Waals surface area contributed by atoms with Gasteiger partial charge in [-0.25, -0.2) is 0 Å². The monoisotopic (exact) mass is 222 g/mol. The van der Waals surface area contributed by atoms with Gasteiger partial charge in [0.15, 0.2) is 0 Å². The van der Waals surface area contributed by atoms with Gasteiger partial charge in [0.2, 0.25) is 5.91 Å². The van der Waals surface area contributed by atoms with Gasteiger partial charge in [-0.1, -0.05) is 6.42 Å². The van der Waals surface area contributed by atoms with Gasteiger partial charge < -0.3 is 11.1 Å². The fourth-order valence-electron chi connectivity index (χ4n) is 3.90. The van der Waals surface area contributed by atoms with Crippen molar-refractivity contribution in [3.8, 4) is 0 Å². The zero-order valence-electron chi connectivity index (χ0n) is 9.87. The maximum atomic E-state index is 12.2. The lowest BCUT2D eigenvalue weighted by Gasteiger charge is -2.42. The summed E-state index contributed by atoms with van der Waals surface area (Å²) in [6, 6.07) is 0. The fraction of sp³-hybridized carbons (Fsp3) is 0.923. The van der Waals surface area contributed by atoms with Crippen LogP contribution in [0.2, 0.25) is 0 Å². The van der Waals surface area contributed by atoms with Gasteiger partial charge in [-0.2, -0.15) is 0 Å². The molecule has 3 nitrogen and oxygen atoms in total. The Morgan fingerprint density at radius 2 is 2.12 bits per heavy atom. The molecule has 0 aliphatic heterocycles. The number of hydrogen-bond donors (Lipinski definition) is 2. The third-order valence-corrected chi connectivity index (χ3v) is 5.16. The van der Waals surface area contributed by atoms with Crippen LogP contribution in [0.15, 0.2) is 0 Å². The molecule has 3 fully saturated rings. The average Bonchev–Trinajstić information content (AvgIpc) is 2.84. The summed E-state index contributed by atoms with van der Waals surface area (Å²) in [5.41, 5.74) is 5.75. The van der Waals surface area contributed by atoms with E-state index < -0.39 is 0 Å². The Labute approximate surface area is 97.2 Å². The Morgan fingerprint density at radius 1 is 1.31 bits per heavy atom. The van der Waals surface area contributed by atoms with Crippen LogP contribution in [-0.2, 0) is 4.79 Å². The molecular formula is C13H22N2O. The van der Waals surface area contributed by atoms with Crippen LogP contribution in [0.3, 0.4) is 0 Å². The molecule has 3 unspecified atom stereocenters. The summed E-state index contributed by atoms with van der Waals surface area (Å²) < 4.78 is 0. The van der Waals surface area contributed by atoms with E-state index in [0.29, 0.717) is 24.3 Å². The summed E-state index contributed by atoms with van der Waals surface area (Å²) in [5, 5.41) is 3.24. The van der Waals surface area contributed by atoms with Gasteiger partial charge in [-0.3, -0.25) is 4.79 Å². The highest BCUT2D eigenvalue weighted by Crippen LogP contribution is 2.48. The molecule has 90 valence electrons. The molecule has 0 aromatic rings. The van der Waals surface area contributed by atoms with Crippen LogP contribution in [0, 0.1) is 17.8 Å². The average molecular weight is 222 g/mol. The SMILES string of the molecule is NCC1(NC(=O)C2CC3CCC2C3)CCC1. The minimum Gasteiger partial charge on any atom is -0.349 e. The van der Waals surface area contributed by atoms with Crippen LogP contribution in [0.25, 0.3) is 0 Å². The standard InChI is InChI=1S/C13H22N2O/c14-8-13(4-1-5-13)15-12(16)11-7-9-2-3-10(11)6-9/h9-11H,1-8,14H2,(H,15,16). The Bertz CT molecular complexity index is 293. The minimum atomic E-state index is -0.0289. The molecular weight excluding hydrogens is 200 g/mol. The highest BCUT2D eigenvalue weighted by Gasteiger charge is 2.45. The predicted octanol–water partition coefficient (Wildman–Crippen LogP) is 1.42. The summed E-state index contributed by atoms with van der Waals surface area (Å²) >= 11 is 0. The number of fused-ring (bicyclic) bond motifs is 2. The van der Waals surface area contributed by atoms with Gasteiger partial charge in [0.25, 0.3) is 0 Å². The molecule has 0 aromatic heterocycles. The maximum Gasteiger partial charge on any atom is 0.223 e. The maximum absolute atomic E-state index is 12.2. The molecule has 3 N–H and O–H groups in total.